The van der Waals surface area contributed by atoms with Gasteiger partial charge in [-0.1, -0.05) is 13.3 Å². The zero-order chi connectivity index (χ0) is 11.9. The molecule has 0 aliphatic rings. The molecule has 90 valence electrons. The fraction of sp³-hybridized carbons (Fsp3) is 0.875. The van der Waals surface area contributed by atoms with Crippen molar-refractivity contribution in [3.8, 4) is 0 Å². The number of hydrogen-bond donors (Lipinski definition) is 2. The summed E-state index contributed by atoms with van der Waals surface area (Å²) in [6.07, 6.45) is -3.19. The fourth-order valence-electron chi connectivity index (χ4n) is 0.977. The van der Waals surface area contributed by atoms with Gasteiger partial charge in [0.15, 0.2) is 6.61 Å². The lowest BCUT2D eigenvalue weighted by Gasteiger charge is -2.14. The molecular weight excluding hydrogens is 213 g/mol. The molecule has 0 aliphatic carbocycles. The second kappa shape index (κ2) is 6.62. The van der Waals surface area contributed by atoms with Gasteiger partial charge in [-0.25, -0.2) is 5.48 Å². The first-order valence-electron chi connectivity index (χ1n) is 4.59. The van der Waals surface area contributed by atoms with E-state index in [4.69, 9.17) is 5.73 Å². The van der Waals surface area contributed by atoms with Crippen molar-refractivity contribution in [3.05, 3.63) is 0 Å². The van der Waals surface area contributed by atoms with Gasteiger partial charge in [0.05, 0.1) is 5.92 Å². The number of alkyl halides is 3. The zero-order valence-corrected chi connectivity index (χ0v) is 8.43. The Hall–Kier alpha value is -0.820. The molecule has 15 heavy (non-hydrogen) atoms. The smallest absolute Gasteiger partial charge is 0.330 e. The Bertz CT molecular complexity index is 197. The number of rotatable bonds is 6. The average molecular weight is 228 g/mol. The Balaban J connectivity index is 3.81. The SMILES string of the molecule is CCCC(CN)C(=O)NOCC(F)(F)F. The van der Waals surface area contributed by atoms with E-state index in [-0.39, 0.29) is 6.54 Å². The van der Waals surface area contributed by atoms with Crippen molar-refractivity contribution in [3.63, 3.8) is 0 Å². The van der Waals surface area contributed by atoms with Gasteiger partial charge in [-0.05, 0) is 6.42 Å². The van der Waals surface area contributed by atoms with Crippen LogP contribution in [0.25, 0.3) is 0 Å². The molecule has 0 aromatic heterocycles. The van der Waals surface area contributed by atoms with Crippen LogP contribution in [0.15, 0.2) is 0 Å². The second-order valence-electron chi connectivity index (χ2n) is 3.09. The van der Waals surface area contributed by atoms with Gasteiger partial charge in [0, 0.05) is 6.54 Å². The number of amides is 1. The number of carbonyl (C=O) groups is 1. The summed E-state index contributed by atoms with van der Waals surface area (Å²) >= 11 is 0. The lowest BCUT2D eigenvalue weighted by Crippen LogP contribution is -2.37. The summed E-state index contributed by atoms with van der Waals surface area (Å²) in [6, 6.07) is 0. The minimum absolute atomic E-state index is 0.0923. The topological polar surface area (TPSA) is 64.4 Å². The summed E-state index contributed by atoms with van der Waals surface area (Å²) < 4.78 is 34.9. The molecule has 0 aromatic rings. The minimum Gasteiger partial charge on any atom is -0.330 e. The van der Waals surface area contributed by atoms with E-state index >= 15 is 0 Å². The Morgan fingerprint density at radius 3 is 2.53 bits per heavy atom. The molecule has 0 saturated carbocycles. The number of halogens is 3. The maximum absolute atomic E-state index is 11.6. The first kappa shape index (κ1) is 14.2. The average Bonchev–Trinajstić information content (AvgIpc) is 2.11. The van der Waals surface area contributed by atoms with Crippen molar-refractivity contribution in [1.82, 2.24) is 5.48 Å². The van der Waals surface area contributed by atoms with E-state index in [0.717, 1.165) is 6.42 Å². The minimum atomic E-state index is -4.45. The second-order valence-corrected chi connectivity index (χ2v) is 3.09. The Labute approximate surface area is 85.9 Å². The highest BCUT2D eigenvalue weighted by atomic mass is 19.4. The molecule has 0 bridgehead atoms. The van der Waals surface area contributed by atoms with Crippen LogP contribution >= 0.6 is 0 Å². The summed E-state index contributed by atoms with van der Waals surface area (Å²) in [6.45, 7) is 0.448. The molecule has 1 amide bonds. The predicted molar refractivity (Wildman–Crippen MR) is 47.6 cm³/mol. The van der Waals surface area contributed by atoms with Crippen molar-refractivity contribution < 1.29 is 22.8 Å². The van der Waals surface area contributed by atoms with Crippen molar-refractivity contribution in [2.24, 2.45) is 11.7 Å². The number of carbonyl (C=O) groups excluding carboxylic acids is 1. The number of hydrogen-bond acceptors (Lipinski definition) is 3. The standard InChI is InChI=1S/C8H15F3N2O2/c1-2-3-6(4-12)7(14)13-15-5-8(9,10)11/h6H,2-5,12H2,1H3,(H,13,14). The normalized spacial score (nSPS) is 13.7. The number of hydroxylamine groups is 1. The van der Waals surface area contributed by atoms with E-state index in [1.54, 1.807) is 5.48 Å². The summed E-state index contributed by atoms with van der Waals surface area (Å²) in [5.41, 5.74) is 7.01. The number of nitrogens with one attached hydrogen (secondary N) is 1. The Kier molecular flexibility index (Phi) is 6.26. The Morgan fingerprint density at radius 1 is 1.53 bits per heavy atom. The molecule has 1 atom stereocenters. The molecule has 3 N–H and O–H groups in total. The quantitative estimate of drug-likeness (QED) is 0.666. The van der Waals surface area contributed by atoms with Crippen LogP contribution in [-0.4, -0.2) is 25.2 Å². The molecule has 0 spiro atoms. The molecule has 4 nitrogen and oxygen atoms in total. The fourth-order valence-corrected chi connectivity index (χ4v) is 0.977. The van der Waals surface area contributed by atoms with Crippen LogP contribution in [0, 0.1) is 5.92 Å². The molecule has 0 rings (SSSR count). The van der Waals surface area contributed by atoms with Crippen LogP contribution in [0.1, 0.15) is 19.8 Å². The van der Waals surface area contributed by atoms with Crippen LogP contribution in [0.2, 0.25) is 0 Å². The van der Waals surface area contributed by atoms with Gasteiger partial charge in [-0.15, -0.1) is 0 Å². The molecular formula is C8H15F3N2O2. The summed E-state index contributed by atoms with van der Waals surface area (Å²) in [5.74, 6) is -1.10. The molecule has 0 saturated heterocycles. The molecule has 1 unspecified atom stereocenters. The first-order chi connectivity index (χ1) is 6.90. The van der Waals surface area contributed by atoms with E-state index in [2.05, 4.69) is 4.84 Å². The van der Waals surface area contributed by atoms with Crippen LogP contribution in [0.4, 0.5) is 13.2 Å². The van der Waals surface area contributed by atoms with Crippen LogP contribution in [-0.2, 0) is 9.63 Å². The van der Waals surface area contributed by atoms with E-state index in [9.17, 15) is 18.0 Å². The van der Waals surface area contributed by atoms with Gasteiger partial charge < -0.3 is 5.73 Å². The van der Waals surface area contributed by atoms with Crippen LogP contribution in [0.3, 0.4) is 0 Å². The van der Waals surface area contributed by atoms with Crippen molar-refractivity contribution in [2.45, 2.75) is 25.9 Å². The summed E-state index contributed by atoms with van der Waals surface area (Å²) in [5, 5.41) is 0. The van der Waals surface area contributed by atoms with Gasteiger partial charge in [0.2, 0.25) is 5.91 Å². The Morgan fingerprint density at radius 2 is 2.13 bits per heavy atom. The summed E-state index contributed by atoms with van der Waals surface area (Å²) in [7, 11) is 0. The first-order valence-corrected chi connectivity index (χ1v) is 4.59. The maximum Gasteiger partial charge on any atom is 0.414 e. The summed E-state index contributed by atoms with van der Waals surface area (Å²) in [4.78, 5) is 15.2. The highest BCUT2D eigenvalue weighted by Gasteiger charge is 2.28. The van der Waals surface area contributed by atoms with E-state index in [1.807, 2.05) is 6.92 Å². The predicted octanol–water partition coefficient (Wildman–Crippen LogP) is 0.972. The highest BCUT2D eigenvalue weighted by molar-refractivity contribution is 5.77. The van der Waals surface area contributed by atoms with Gasteiger partial charge in [-0.3, -0.25) is 9.63 Å². The van der Waals surface area contributed by atoms with Crippen molar-refractivity contribution >= 4 is 5.91 Å². The third kappa shape index (κ3) is 7.15. The van der Waals surface area contributed by atoms with Crippen molar-refractivity contribution in [1.29, 1.82) is 0 Å². The maximum atomic E-state index is 11.6. The monoisotopic (exact) mass is 228 g/mol. The third-order valence-corrected chi connectivity index (χ3v) is 1.70. The van der Waals surface area contributed by atoms with E-state index in [0.29, 0.717) is 6.42 Å². The lowest BCUT2D eigenvalue weighted by molar-refractivity contribution is -0.192. The van der Waals surface area contributed by atoms with Crippen LogP contribution in [0.5, 0.6) is 0 Å². The van der Waals surface area contributed by atoms with Gasteiger partial charge >= 0.3 is 6.18 Å². The van der Waals surface area contributed by atoms with E-state index < -0.39 is 24.6 Å². The molecule has 0 radical (unpaired) electrons. The van der Waals surface area contributed by atoms with Gasteiger partial charge in [-0.2, -0.15) is 13.2 Å². The number of nitrogens with two attached hydrogens (primary N) is 1. The third-order valence-electron chi connectivity index (χ3n) is 1.70. The van der Waals surface area contributed by atoms with Crippen molar-refractivity contribution in [2.75, 3.05) is 13.2 Å². The lowest BCUT2D eigenvalue weighted by atomic mass is 10.0. The molecule has 0 aliphatic heterocycles. The van der Waals surface area contributed by atoms with Gasteiger partial charge in [0.1, 0.15) is 0 Å². The van der Waals surface area contributed by atoms with E-state index in [1.165, 1.54) is 0 Å². The van der Waals surface area contributed by atoms with Gasteiger partial charge in [0.25, 0.3) is 0 Å². The molecule has 0 fully saturated rings. The largest absolute Gasteiger partial charge is 0.414 e. The van der Waals surface area contributed by atoms with Crippen LogP contribution < -0.4 is 11.2 Å². The zero-order valence-electron chi connectivity index (χ0n) is 8.43. The molecule has 0 aromatic carbocycles. The molecule has 0 heterocycles. The highest BCUT2D eigenvalue weighted by Crippen LogP contribution is 2.13. The molecule has 7 heteroatoms.